The van der Waals surface area contributed by atoms with Gasteiger partial charge in [0.15, 0.2) is 0 Å². The summed E-state index contributed by atoms with van der Waals surface area (Å²) in [6.45, 7) is 0.817. The second-order valence-electron chi connectivity index (χ2n) is 7.92. The number of pyridine rings is 1. The molecule has 0 unspecified atom stereocenters. The molecule has 174 valence electrons. The van der Waals surface area contributed by atoms with Gasteiger partial charge in [-0.05, 0) is 40.1 Å². The summed E-state index contributed by atoms with van der Waals surface area (Å²) in [7, 11) is -3.70. The number of benzene rings is 3. The Labute approximate surface area is 198 Å². The predicted octanol–water partition coefficient (Wildman–Crippen LogP) is 3.03. The average molecular weight is 476 g/mol. The predicted molar refractivity (Wildman–Crippen MR) is 132 cm³/mol. The molecular weight excluding hydrogens is 450 g/mol. The Balaban J connectivity index is 1.24. The van der Waals surface area contributed by atoms with Crippen LogP contribution in [-0.4, -0.2) is 25.4 Å². The summed E-state index contributed by atoms with van der Waals surface area (Å²) in [6.07, 6.45) is 1.77. The Morgan fingerprint density at radius 2 is 1.53 bits per heavy atom. The minimum absolute atomic E-state index is 0.00571. The van der Waals surface area contributed by atoms with E-state index >= 15 is 0 Å². The third kappa shape index (κ3) is 5.98. The first-order valence-electron chi connectivity index (χ1n) is 10.9. The molecule has 2 N–H and O–H groups in total. The van der Waals surface area contributed by atoms with E-state index in [9.17, 15) is 18.0 Å². The van der Waals surface area contributed by atoms with E-state index in [0.29, 0.717) is 13.1 Å². The van der Waals surface area contributed by atoms with E-state index in [0.717, 1.165) is 21.9 Å². The number of nitrogens with zero attached hydrogens (tertiary/aromatic N) is 1. The van der Waals surface area contributed by atoms with Crippen molar-refractivity contribution in [3.8, 4) is 0 Å². The fraction of sp³-hybridized carbons (Fsp3) is 0.154. The van der Waals surface area contributed by atoms with Crippen LogP contribution >= 0.6 is 0 Å². The van der Waals surface area contributed by atoms with Crippen molar-refractivity contribution >= 4 is 26.7 Å². The molecule has 1 aromatic heterocycles. The second kappa shape index (κ2) is 10.5. The molecular formula is C26H25N3O4S. The standard InChI is InChI=1S/C26H25N3O4S/c30-25(14-15-28-34(32,33)24-13-12-22-5-1-2-6-23(22)17-24)27-18-20-8-10-21(11-9-20)19-29-16-4-3-7-26(29)31/h1-13,16-17,28H,14-15,18-19H2,(H,27,30). The third-order valence-corrected chi connectivity index (χ3v) is 6.90. The summed E-state index contributed by atoms with van der Waals surface area (Å²) in [5.74, 6) is -0.249. The van der Waals surface area contributed by atoms with Crippen molar-refractivity contribution in [1.29, 1.82) is 0 Å². The molecule has 7 nitrogen and oxygen atoms in total. The van der Waals surface area contributed by atoms with E-state index in [1.165, 1.54) is 6.07 Å². The molecule has 1 amide bonds. The maximum Gasteiger partial charge on any atom is 0.250 e. The van der Waals surface area contributed by atoms with Crippen molar-refractivity contribution in [3.63, 3.8) is 0 Å². The van der Waals surface area contributed by atoms with Gasteiger partial charge in [0.1, 0.15) is 0 Å². The molecule has 0 aliphatic rings. The molecule has 3 aromatic carbocycles. The second-order valence-corrected chi connectivity index (χ2v) is 9.68. The highest BCUT2D eigenvalue weighted by Gasteiger charge is 2.14. The van der Waals surface area contributed by atoms with E-state index in [-0.39, 0.29) is 29.3 Å². The molecule has 0 saturated carbocycles. The van der Waals surface area contributed by atoms with Gasteiger partial charge in [0.05, 0.1) is 11.4 Å². The highest BCUT2D eigenvalue weighted by atomic mass is 32.2. The topological polar surface area (TPSA) is 97.3 Å². The van der Waals surface area contributed by atoms with Gasteiger partial charge in [0.2, 0.25) is 15.9 Å². The number of hydrogen-bond acceptors (Lipinski definition) is 4. The monoisotopic (exact) mass is 475 g/mol. The molecule has 0 fully saturated rings. The molecule has 4 aromatic rings. The number of amides is 1. The van der Waals surface area contributed by atoms with Crippen molar-refractivity contribution in [1.82, 2.24) is 14.6 Å². The molecule has 0 aliphatic carbocycles. The number of nitrogens with one attached hydrogen (secondary N) is 2. The van der Waals surface area contributed by atoms with Crippen LogP contribution in [0.1, 0.15) is 17.5 Å². The van der Waals surface area contributed by atoms with Crippen LogP contribution in [0, 0.1) is 0 Å². The number of rotatable bonds is 9. The van der Waals surface area contributed by atoms with E-state index in [2.05, 4.69) is 10.0 Å². The highest BCUT2D eigenvalue weighted by Crippen LogP contribution is 2.18. The zero-order valence-electron chi connectivity index (χ0n) is 18.5. The zero-order valence-corrected chi connectivity index (χ0v) is 19.3. The van der Waals surface area contributed by atoms with Crippen LogP contribution in [-0.2, 0) is 27.9 Å². The van der Waals surface area contributed by atoms with Crippen molar-refractivity contribution < 1.29 is 13.2 Å². The highest BCUT2D eigenvalue weighted by molar-refractivity contribution is 7.89. The normalized spacial score (nSPS) is 11.4. The number of fused-ring (bicyclic) bond motifs is 1. The lowest BCUT2D eigenvalue weighted by atomic mass is 10.1. The quantitative estimate of drug-likeness (QED) is 0.389. The Morgan fingerprint density at radius 3 is 2.29 bits per heavy atom. The summed E-state index contributed by atoms with van der Waals surface area (Å²) in [5, 5.41) is 4.60. The van der Waals surface area contributed by atoms with E-state index in [4.69, 9.17) is 0 Å². The van der Waals surface area contributed by atoms with Gasteiger partial charge in [-0.3, -0.25) is 9.59 Å². The van der Waals surface area contributed by atoms with E-state index in [1.54, 1.807) is 35.0 Å². The van der Waals surface area contributed by atoms with Gasteiger partial charge in [-0.25, -0.2) is 13.1 Å². The molecule has 4 rings (SSSR count). The van der Waals surface area contributed by atoms with E-state index in [1.807, 2.05) is 54.6 Å². The van der Waals surface area contributed by atoms with Crippen LogP contribution in [0.5, 0.6) is 0 Å². The molecule has 1 heterocycles. The van der Waals surface area contributed by atoms with Crippen LogP contribution in [0.25, 0.3) is 10.8 Å². The molecule has 0 radical (unpaired) electrons. The lowest BCUT2D eigenvalue weighted by Gasteiger charge is -2.09. The molecule has 0 aliphatic heterocycles. The zero-order chi connectivity index (χ0) is 24.0. The maximum absolute atomic E-state index is 12.6. The number of hydrogen-bond donors (Lipinski definition) is 2. The van der Waals surface area contributed by atoms with Gasteiger partial charge in [0, 0.05) is 31.8 Å². The SMILES string of the molecule is O=C(CCNS(=O)(=O)c1ccc2ccccc2c1)NCc1ccc(Cn2ccccc2=O)cc1. The van der Waals surface area contributed by atoms with Gasteiger partial charge in [0.25, 0.3) is 5.56 Å². The number of sulfonamides is 1. The Bertz CT molecular complexity index is 1460. The summed E-state index contributed by atoms with van der Waals surface area (Å²) >= 11 is 0. The number of aromatic nitrogens is 1. The molecule has 0 bridgehead atoms. The van der Waals surface area contributed by atoms with Crippen LogP contribution in [0.2, 0.25) is 0 Å². The molecule has 0 saturated heterocycles. The summed E-state index contributed by atoms with van der Waals surface area (Å²) in [4.78, 5) is 24.2. The Hall–Kier alpha value is -3.75. The number of carbonyl (C=O) groups is 1. The van der Waals surface area contributed by atoms with Gasteiger partial charge in [-0.15, -0.1) is 0 Å². The average Bonchev–Trinajstić information content (AvgIpc) is 2.84. The smallest absolute Gasteiger partial charge is 0.250 e. The summed E-state index contributed by atoms with van der Waals surface area (Å²) < 4.78 is 29.2. The van der Waals surface area contributed by atoms with Crippen LogP contribution < -0.4 is 15.6 Å². The van der Waals surface area contributed by atoms with Crippen molar-refractivity contribution in [2.45, 2.75) is 24.4 Å². The molecule has 0 atom stereocenters. The van der Waals surface area contributed by atoms with Gasteiger partial charge in [-0.1, -0.05) is 60.7 Å². The van der Waals surface area contributed by atoms with Crippen LogP contribution in [0.4, 0.5) is 0 Å². The third-order valence-electron chi connectivity index (χ3n) is 5.44. The van der Waals surface area contributed by atoms with Gasteiger partial charge in [-0.2, -0.15) is 0 Å². The minimum Gasteiger partial charge on any atom is -0.352 e. The molecule has 0 spiro atoms. The minimum atomic E-state index is -3.70. The Morgan fingerprint density at radius 1 is 0.824 bits per heavy atom. The van der Waals surface area contributed by atoms with E-state index < -0.39 is 10.0 Å². The van der Waals surface area contributed by atoms with Crippen molar-refractivity contribution in [3.05, 3.63) is 113 Å². The van der Waals surface area contributed by atoms with Crippen LogP contribution in [0.3, 0.4) is 0 Å². The first-order chi connectivity index (χ1) is 16.4. The van der Waals surface area contributed by atoms with Gasteiger partial charge >= 0.3 is 0 Å². The fourth-order valence-electron chi connectivity index (χ4n) is 3.56. The first kappa shape index (κ1) is 23.4. The van der Waals surface area contributed by atoms with Crippen LogP contribution in [0.15, 0.2) is 101 Å². The van der Waals surface area contributed by atoms with Crippen molar-refractivity contribution in [2.75, 3.05) is 6.54 Å². The van der Waals surface area contributed by atoms with Gasteiger partial charge < -0.3 is 9.88 Å². The fourth-order valence-corrected chi connectivity index (χ4v) is 4.62. The summed E-state index contributed by atoms with van der Waals surface area (Å²) in [6, 6.07) is 25.1. The largest absolute Gasteiger partial charge is 0.352 e. The molecule has 34 heavy (non-hydrogen) atoms. The molecule has 8 heteroatoms. The lowest BCUT2D eigenvalue weighted by Crippen LogP contribution is -2.30. The summed E-state index contributed by atoms with van der Waals surface area (Å²) in [5.41, 5.74) is 1.83. The first-order valence-corrected chi connectivity index (χ1v) is 12.4. The lowest BCUT2D eigenvalue weighted by molar-refractivity contribution is -0.121. The maximum atomic E-state index is 12.6. The number of carbonyl (C=O) groups excluding carboxylic acids is 1. The van der Waals surface area contributed by atoms with Crippen molar-refractivity contribution in [2.24, 2.45) is 0 Å². The Kier molecular flexibility index (Phi) is 7.20.